The highest BCUT2D eigenvalue weighted by molar-refractivity contribution is 7.87. The zero-order valence-corrected chi connectivity index (χ0v) is 16.0. The number of nitrogens with one attached hydrogen (secondary N) is 1. The van der Waals surface area contributed by atoms with E-state index in [-0.39, 0.29) is 27.7 Å². The summed E-state index contributed by atoms with van der Waals surface area (Å²) in [5.41, 5.74) is 1.12. The number of rotatable bonds is 4. The first-order valence-corrected chi connectivity index (χ1v) is 9.40. The van der Waals surface area contributed by atoms with Gasteiger partial charge in [0.05, 0.1) is 5.69 Å². The van der Waals surface area contributed by atoms with E-state index in [0.717, 1.165) is 5.56 Å². The highest BCUT2D eigenvalue weighted by Gasteiger charge is 2.21. The smallest absolute Gasteiger partial charge is 0.339 e. The third-order valence-electron chi connectivity index (χ3n) is 3.46. The van der Waals surface area contributed by atoms with Gasteiger partial charge in [-0.25, -0.2) is 0 Å². The topological polar surface area (TPSA) is 72.5 Å². The molecule has 0 aliphatic carbocycles. The SMILES string of the molecule is CC(=O)Nc1cc(Cl)ccc1OS(=O)(=O)c1ccc(C(C)(C)C)cc1. The molecule has 0 bridgehead atoms. The third kappa shape index (κ3) is 4.96. The summed E-state index contributed by atoms with van der Waals surface area (Å²) >= 11 is 5.89. The van der Waals surface area contributed by atoms with Gasteiger partial charge in [-0.2, -0.15) is 8.42 Å². The van der Waals surface area contributed by atoms with Gasteiger partial charge in [0.2, 0.25) is 5.91 Å². The molecule has 0 unspecified atom stereocenters. The van der Waals surface area contributed by atoms with E-state index in [1.165, 1.54) is 37.3 Å². The fourth-order valence-electron chi connectivity index (χ4n) is 2.15. The van der Waals surface area contributed by atoms with Crippen LogP contribution in [-0.2, 0) is 20.3 Å². The lowest BCUT2D eigenvalue weighted by Gasteiger charge is -2.19. The molecule has 0 spiro atoms. The van der Waals surface area contributed by atoms with Crippen LogP contribution in [0.15, 0.2) is 47.4 Å². The van der Waals surface area contributed by atoms with E-state index in [1.54, 1.807) is 12.1 Å². The van der Waals surface area contributed by atoms with Crippen LogP contribution < -0.4 is 9.50 Å². The molecule has 0 heterocycles. The third-order valence-corrected chi connectivity index (χ3v) is 4.94. The van der Waals surface area contributed by atoms with Gasteiger partial charge in [-0.1, -0.05) is 44.5 Å². The van der Waals surface area contributed by atoms with E-state index in [2.05, 4.69) is 5.32 Å². The summed E-state index contributed by atoms with van der Waals surface area (Å²) < 4.78 is 30.2. The lowest BCUT2D eigenvalue weighted by Crippen LogP contribution is -2.14. The largest absolute Gasteiger partial charge is 0.377 e. The van der Waals surface area contributed by atoms with Crippen molar-refractivity contribution in [1.82, 2.24) is 0 Å². The minimum atomic E-state index is -4.04. The molecular weight excluding hydrogens is 362 g/mol. The zero-order valence-electron chi connectivity index (χ0n) is 14.5. The molecule has 2 aromatic rings. The van der Waals surface area contributed by atoms with E-state index in [9.17, 15) is 13.2 Å². The van der Waals surface area contributed by atoms with Gasteiger partial charge in [-0.3, -0.25) is 4.79 Å². The molecule has 0 aliphatic heterocycles. The number of halogens is 1. The summed E-state index contributed by atoms with van der Waals surface area (Å²) in [7, 11) is -4.04. The molecule has 2 aromatic carbocycles. The predicted octanol–water partition coefficient (Wildman–Crippen LogP) is 4.36. The average Bonchev–Trinajstić information content (AvgIpc) is 2.49. The Hall–Kier alpha value is -2.05. The molecule has 0 fully saturated rings. The highest BCUT2D eigenvalue weighted by Crippen LogP contribution is 2.31. The van der Waals surface area contributed by atoms with Gasteiger partial charge in [0, 0.05) is 11.9 Å². The maximum Gasteiger partial charge on any atom is 0.339 e. The van der Waals surface area contributed by atoms with Gasteiger partial charge in [-0.05, 0) is 41.3 Å². The van der Waals surface area contributed by atoms with Crippen molar-refractivity contribution in [3.8, 4) is 5.75 Å². The van der Waals surface area contributed by atoms with Crippen LogP contribution in [0.3, 0.4) is 0 Å². The van der Waals surface area contributed by atoms with Crippen molar-refractivity contribution < 1.29 is 17.4 Å². The van der Waals surface area contributed by atoms with Crippen LogP contribution in [0.2, 0.25) is 5.02 Å². The first kappa shape index (κ1) is 19.3. The molecule has 1 N–H and O–H groups in total. The summed E-state index contributed by atoms with van der Waals surface area (Å²) in [6.45, 7) is 7.44. The van der Waals surface area contributed by atoms with Gasteiger partial charge >= 0.3 is 10.1 Å². The maximum absolute atomic E-state index is 12.5. The molecule has 0 aliphatic rings. The molecule has 0 radical (unpaired) electrons. The van der Waals surface area contributed by atoms with Crippen LogP contribution in [0.4, 0.5) is 5.69 Å². The number of hydrogen-bond donors (Lipinski definition) is 1. The molecular formula is C18H20ClNO4S. The van der Waals surface area contributed by atoms with E-state index in [1.807, 2.05) is 20.8 Å². The highest BCUT2D eigenvalue weighted by atomic mass is 35.5. The Bertz CT molecular complexity index is 884. The minimum absolute atomic E-state index is 0.000465. The fraction of sp³-hybridized carbons (Fsp3) is 0.278. The van der Waals surface area contributed by atoms with Gasteiger partial charge in [0.15, 0.2) is 5.75 Å². The van der Waals surface area contributed by atoms with E-state index in [0.29, 0.717) is 5.02 Å². The zero-order chi connectivity index (χ0) is 18.8. The molecule has 2 rings (SSSR count). The van der Waals surface area contributed by atoms with Crippen molar-refractivity contribution in [2.75, 3.05) is 5.32 Å². The van der Waals surface area contributed by atoms with E-state index in [4.69, 9.17) is 15.8 Å². The Morgan fingerprint density at radius 1 is 1.08 bits per heavy atom. The molecule has 0 aromatic heterocycles. The summed E-state index contributed by atoms with van der Waals surface area (Å²) in [5.74, 6) is -0.362. The van der Waals surface area contributed by atoms with Crippen LogP contribution in [-0.4, -0.2) is 14.3 Å². The van der Waals surface area contributed by atoms with Crippen LogP contribution in [0.1, 0.15) is 33.3 Å². The first-order chi connectivity index (χ1) is 11.5. The number of amides is 1. The Morgan fingerprint density at radius 3 is 2.20 bits per heavy atom. The number of carbonyl (C=O) groups excluding carboxylic acids is 1. The molecule has 0 atom stereocenters. The average molecular weight is 382 g/mol. The van der Waals surface area contributed by atoms with Crippen LogP contribution in [0.5, 0.6) is 5.75 Å². The Balaban J connectivity index is 2.34. The van der Waals surface area contributed by atoms with Gasteiger partial charge in [0.1, 0.15) is 4.90 Å². The predicted molar refractivity (Wildman–Crippen MR) is 98.7 cm³/mol. The second kappa shape index (κ2) is 7.06. The second-order valence-corrected chi connectivity index (χ2v) is 8.62. The Morgan fingerprint density at radius 2 is 1.68 bits per heavy atom. The van der Waals surface area contributed by atoms with Crippen molar-refractivity contribution in [3.63, 3.8) is 0 Å². The Kier molecular flexibility index (Phi) is 5.44. The summed E-state index contributed by atoms with van der Waals surface area (Å²) in [6.07, 6.45) is 0. The quantitative estimate of drug-likeness (QED) is 0.798. The van der Waals surface area contributed by atoms with Crippen molar-refractivity contribution in [2.24, 2.45) is 0 Å². The number of benzene rings is 2. The van der Waals surface area contributed by atoms with Gasteiger partial charge < -0.3 is 9.50 Å². The normalized spacial score (nSPS) is 11.9. The number of anilines is 1. The van der Waals surface area contributed by atoms with Crippen molar-refractivity contribution >= 4 is 33.3 Å². The number of carbonyl (C=O) groups is 1. The van der Waals surface area contributed by atoms with E-state index < -0.39 is 10.1 Å². The fourth-order valence-corrected chi connectivity index (χ4v) is 3.27. The second-order valence-electron chi connectivity index (χ2n) is 6.63. The minimum Gasteiger partial charge on any atom is -0.377 e. The maximum atomic E-state index is 12.5. The summed E-state index contributed by atoms with van der Waals surface area (Å²) in [5, 5.41) is 2.85. The molecule has 25 heavy (non-hydrogen) atoms. The Labute approximate surface area is 153 Å². The number of hydrogen-bond acceptors (Lipinski definition) is 4. The molecule has 1 amide bonds. The van der Waals surface area contributed by atoms with Crippen LogP contribution >= 0.6 is 11.6 Å². The van der Waals surface area contributed by atoms with Gasteiger partial charge in [0.25, 0.3) is 0 Å². The molecule has 0 saturated heterocycles. The molecule has 7 heteroatoms. The van der Waals surface area contributed by atoms with E-state index >= 15 is 0 Å². The lowest BCUT2D eigenvalue weighted by molar-refractivity contribution is -0.114. The first-order valence-electron chi connectivity index (χ1n) is 7.61. The molecule has 134 valence electrons. The standard InChI is InChI=1S/C18H20ClNO4S/c1-12(21)20-16-11-14(19)7-10-17(16)24-25(22,23)15-8-5-13(6-9-15)18(2,3)4/h5-11H,1-4H3,(H,20,21). The monoisotopic (exact) mass is 381 g/mol. The van der Waals surface area contributed by atoms with Gasteiger partial charge in [-0.15, -0.1) is 0 Å². The van der Waals surface area contributed by atoms with Crippen molar-refractivity contribution in [2.45, 2.75) is 38.0 Å². The van der Waals surface area contributed by atoms with Crippen molar-refractivity contribution in [1.29, 1.82) is 0 Å². The summed E-state index contributed by atoms with van der Waals surface area (Å²) in [6, 6.07) is 10.8. The summed E-state index contributed by atoms with van der Waals surface area (Å²) in [4.78, 5) is 11.3. The van der Waals surface area contributed by atoms with Crippen LogP contribution in [0.25, 0.3) is 0 Å². The van der Waals surface area contributed by atoms with Crippen molar-refractivity contribution in [3.05, 3.63) is 53.1 Å². The molecule has 0 saturated carbocycles. The lowest BCUT2D eigenvalue weighted by atomic mass is 9.87. The molecule has 5 nitrogen and oxygen atoms in total. The van der Waals surface area contributed by atoms with Crippen LogP contribution in [0, 0.1) is 0 Å².